The predicted molar refractivity (Wildman–Crippen MR) is 361 cm³/mol. The van der Waals surface area contributed by atoms with Crippen LogP contribution in [0.1, 0.15) is 239 Å². The Morgan fingerprint density at radius 3 is 0.747 bits per heavy atom. The molecule has 0 fully saturated rings. The first kappa shape index (κ1) is 77.0. The van der Waals surface area contributed by atoms with Crippen molar-refractivity contribution in [1.82, 2.24) is 0 Å². The van der Waals surface area contributed by atoms with Gasteiger partial charge in [0.05, 0.1) is 0 Å². The molecule has 0 heterocycles. The molecule has 0 N–H and O–H groups in total. The second-order valence-corrected chi connectivity index (χ2v) is 20.5. The van der Waals surface area contributed by atoms with Gasteiger partial charge < -0.3 is 14.2 Å². The molecule has 6 heteroatoms. The van der Waals surface area contributed by atoms with Crippen molar-refractivity contribution in [1.29, 1.82) is 0 Å². The lowest BCUT2D eigenvalue weighted by molar-refractivity contribution is -0.167. The van der Waals surface area contributed by atoms with Crippen molar-refractivity contribution in [2.45, 2.75) is 245 Å². The van der Waals surface area contributed by atoms with Crippen LogP contribution in [0.5, 0.6) is 0 Å². The fraction of sp³-hybridized carbons (Fsp3) is 0.519. The smallest absolute Gasteiger partial charge is 0.306 e. The maximum atomic E-state index is 12.9. The molecular formula is C77H116O6. The first-order chi connectivity index (χ1) is 41.0. The van der Waals surface area contributed by atoms with Crippen molar-refractivity contribution >= 4 is 17.9 Å². The monoisotopic (exact) mass is 1140 g/mol. The van der Waals surface area contributed by atoms with Crippen LogP contribution >= 0.6 is 0 Å². The number of ether oxygens (including phenoxy) is 3. The number of carbonyl (C=O) groups excluding carboxylic acids is 3. The van der Waals surface area contributed by atoms with E-state index in [-0.39, 0.29) is 44.0 Å². The molecular weight excluding hydrogens is 1020 g/mol. The van der Waals surface area contributed by atoms with Gasteiger partial charge in [-0.25, -0.2) is 0 Å². The highest BCUT2D eigenvalue weighted by Crippen LogP contribution is 2.13. The highest BCUT2D eigenvalue weighted by Gasteiger charge is 2.19. The summed E-state index contributed by atoms with van der Waals surface area (Å²) in [6.45, 7) is 6.19. The van der Waals surface area contributed by atoms with Crippen LogP contribution in [-0.2, 0) is 28.6 Å². The molecule has 1 unspecified atom stereocenters. The van der Waals surface area contributed by atoms with Gasteiger partial charge in [-0.15, -0.1) is 0 Å². The van der Waals surface area contributed by atoms with Gasteiger partial charge in [-0.3, -0.25) is 14.4 Å². The Hall–Kier alpha value is -6.01. The van der Waals surface area contributed by atoms with Crippen LogP contribution in [0, 0.1) is 0 Å². The lowest BCUT2D eigenvalue weighted by Gasteiger charge is -2.18. The molecule has 0 spiro atoms. The van der Waals surface area contributed by atoms with Crippen LogP contribution in [-0.4, -0.2) is 37.2 Å². The molecule has 0 aliphatic carbocycles. The lowest BCUT2D eigenvalue weighted by atomic mass is 10.1. The highest BCUT2D eigenvalue weighted by molar-refractivity contribution is 5.71. The molecule has 0 rings (SSSR count). The van der Waals surface area contributed by atoms with E-state index in [9.17, 15) is 14.4 Å². The van der Waals surface area contributed by atoms with E-state index in [0.29, 0.717) is 19.3 Å². The van der Waals surface area contributed by atoms with E-state index in [1.807, 2.05) is 0 Å². The molecule has 1 atom stereocenters. The average Bonchev–Trinajstić information content (AvgIpc) is 3.49. The van der Waals surface area contributed by atoms with E-state index in [0.717, 1.165) is 154 Å². The van der Waals surface area contributed by atoms with Crippen LogP contribution in [0.3, 0.4) is 0 Å². The number of rotatable bonds is 56. The first-order valence-corrected chi connectivity index (χ1v) is 32.6. The Labute approximate surface area is 509 Å². The van der Waals surface area contributed by atoms with E-state index in [1.54, 1.807) is 0 Å². The van der Waals surface area contributed by atoms with Crippen LogP contribution in [0.2, 0.25) is 0 Å². The molecule has 0 aliphatic rings. The Bertz CT molecular complexity index is 2030. The zero-order valence-corrected chi connectivity index (χ0v) is 52.6. The molecule has 460 valence electrons. The minimum Gasteiger partial charge on any atom is -0.462 e. The summed E-state index contributed by atoms with van der Waals surface area (Å²) in [7, 11) is 0. The average molecular weight is 1140 g/mol. The third kappa shape index (κ3) is 66.7. The summed E-state index contributed by atoms with van der Waals surface area (Å²) in [5.41, 5.74) is 0. The molecule has 0 bridgehead atoms. The van der Waals surface area contributed by atoms with Crippen LogP contribution in [0.25, 0.3) is 0 Å². The molecule has 0 saturated heterocycles. The van der Waals surface area contributed by atoms with E-state index in [2.05, 4.69) is 227 Å². The van der Waals surface area contributed by atoms with Crippen molar-refractivity contribution in [3.8, 4) is 0 Å². The number of hydrogen-bond acceptors (Lipinski definition) is 6. The van der Waals surface area contributed by atoms with Crippen LogP contribution in [0.15, 0.2) is 207 Å². The minimum absolute atomic E-state index is 0.130. The van der Waals surface area contributed by atoms with E-state index in [4.69, 9.17) is 14.2 Å². The molecule has 83 heavy (non-hydrogen) atoms. The van der Waals surface area contributed by atoms with Crippen molar-refractivity contribution in [3.63, 3.8) is 0 Å². The summed E-state index contributed by atoms with van der Waals surface area (Å²) < 4.78 is 16.9. The topological polar surface area (TPSA) is 78.9 Å². The van der Waals surface area contributed by atoms with Crippen molar-refractivity contribution in [2.24, 2.45) is 0 Å². The summed E-state index contributed by atoms with van der Waals surface area (Å²) >= 11 is 0. The second-order valence-electron chi connectivity index (χ2n) is 20.5. The quantitative estimate of drug-likeness (QED) is 0.0261. The maximum Gasteiger partial charge on any atom is 0.306 e. The number of esters is 3. The Morgan fingerprint density at radius 1 is 0.241 bits per heavy atom. The van der Waals surface area contributed by atoms with Crippen molar-refractivity contribution in [2.75, 3.05) is 13.2 Å². The third-order valence-corrected chi connectivity index (χ3v) is 12.8. The number of allylic oxidation sites excluding steroid dienone is 34. The standard InChI is InChI=1S/C77H116O6/c1-4-7-10-13-16-19-22-25-28-31-34-37-38-41-43-46-49-52-55-58-61-64-67-70-76(79)82-73-74(83-77(80)71-68-65-62-59-56-53-50-47-44-40-36-33-30-27-24-21-18-15-12-9-6-3)72-81-75(78)69-66-63-60-57-54-51-48-45-42-39-35-32-29-26-23-20-17-14-11-8-5-2/h7-12,16-21,25-30,34-37,39-41,43,47,49-50,52,56,58-59,61,74H,4-6,13-15,22-24,31-33,38,42,44-46,48,51,53-55,57,60,62-73H2,1-3H3/b10-7-,11-8-,12-9-,19-16-,20-17-,21-18-,28-25-,29-26-,30-27-,37-34-,39-35-,40-36-,43-41-,50-47-,52-49-,59-56-,61-58-. The number of unbranched alkanes of at least 4 members (excludes halogenated alkanes) is 11. The van der Waals surface area contributed by atoms with Crippen molar-refractivity contribution in [3.05, 3.63) is 207 Å². The van der Waals surface area contributed by atoms with E-state index in [1.165, 1.54) is 32.1 Å². The Morgan fingerprint density at radius 2 is 0.446 bits per heavy atom. The SMILES string of the molecule is CC/C=C\C/C=C\C/C=C\C/C=C\C/C=C\C/C=C\C/C=C\CCCC(=O)OCC(COC(=O)CCCCCCCCCC/C=C\C/C=C\C/C=C\C/C=C\CC)OC(=O)CCCC/C=C\C/C=C\C/C=C\C/C=C\C/C=C\C/C=C\CC. The summed E-state index contributed by atoms with van der Waals surface area (Å²) in [5.74, 6) is -1.05. The van der Waals surface area contributed by atoms with Gasteiger partial charge in [0.1, 0.15) is 13.2 Å². The van der Waals surface area contributed by atoms with Gasteiger partial charge >= 0.3 is 17.9 Å². The molecule has 0 aromatic heterocycles. The number of carbonyl (C=O) groups is 3. The predicted octanol–water partition coefficient (Wildman–Crippen LogP) is 22.8. The lowest BCUT2D eigenvalue weighted by Crippen LogP contribution is -2.30. The van der Waals surface area contributed by atoms with Gasteiger partial charge in [0, 0.05) is 19.3 Å². The zero-order chi connectivity index (χ0) is 59.9. The molecule has 0 radical (unpaired) electrons. The van der Waals surface area contributed by atoms with Crippen LogP contribution in [0.4, 0.5) is 0 Å². The zero-order valence-electron chi connectivity index (χ0n) is 52.6. The van der Waals surface area contributed by atoms with Crippen molar-refractivity contribution < 1.29 is 28.6 Å². The highest BCUT2D eigenvalue weighted by atomic mass is 16.6. The largest absolute Gasteiger partial charge is 0.462 e. The van der Waals surface area contributed by atoms with Gasteiger partial charge in [0.2, 0.25) is 0 Å². The molecule has 6 nitrogen and oxygen atoms in total. The van der Waals surface area contributed by atoms with Gasteiger partial charge in [0.25, 0.3) is 0 Å². The third-order valence-electron chi connectivity index (χ3n) is 12.8. The summed E-state index contributed by atoms with van der Waals surface area (Å²) in [4.78, 5) is 38.4. The van der Waals surface area contributed by atoms with Gasteiger partial charge in [-0.05, 0) is 161 Å². The van der Waals surface area contributed by atoms with Crippen LogP contribution < -0.4 is 0 Å². The fourth-order valence-electron chi connectivity index (χ4n) is 8.01. The van der Waals surface area contributed by atoms with Gasteiger partial charge in [-0.2, -0.15) is 0 Å². The summed E-state index contributed by atoms with van der Waals surface area (Å²) in [5, 5.41) is 0. The van der Waals surface area contributed by atoms with Gasteiger partial charge in [-0.1, -0.05) is 266 Å². The normalized spacial score (nSPS) is 13.5. The summed E-state index contributed by atoms with van der Waals surface area (Å²) in [6, 6.07) is 0. The molecule has 0 aromatic carbocycles. The first-order valence-electron chi connectivity index (χ1n) is 32.6. The van der Waals surface area contributed by atoms with Gasteiger partial charge in [0.15, 0.2) is 6.10 Å². The fourth-order valence-corrected chi connectivity index (χ4v) is 8.01. The molecule has 0 saturated carbocycles. The molecule has 0 amide bonds. The maximum absolute atomic E-state index is 12.9. The molecule has 0 aromatic rings. The molecule has 0 aliphatic heterocycles. The Balaban J connectivity index is 4.63. The minimum atomic E-state index is -0.844. The van der Waals surface area contributed by atoms with E-state index >= 15 is 0 Å². The number of hydrogen-bond donors (Lipinski definition) is 0. The summed E-state index contributed by atoms with van der Waals surface area (Å²) in [6.07, 6.45) is 105. The second kappa shape index (κ2) is 68.5. The van der Waals surface area contributed by atoms with E-state index < -0.39 is 6.10 Å². The Kier molecular flexibility index (Phi) is 63.5.